The first-order chi connectivity index (χ1) is 8.16. The van der Waals surface area contributed by atoms with E-state index in [9.17, 15) is 4.79 Å². The van der Waals surface area contributed by atoms with Gasteiger partial charge in [-0.1, -0.05) is 28.6 Å². The van der Waals surface area contributed by atoms with Crippen molar-refractivity contribution in [3.8, 4) is 0 Å². The van der Waals surface area contributed by atoms with Gasteiger partial charge in [-0.2, -0.15) is 0 Å². The number of hydrogen-bond acceptors (Lipinski definition) is 2. The number of carbonyl (C=O) groups excluding carboxylic acids is 1. The lowest BCUT2D eigenvalue weighted by molar-refractivity contribution is 0.0949. The molecule has 1 aromatic carbocycles. The lowest BCUT2D eigenvalue weighted by Crippen LogP contribution is -2.25. The third-order valence-electron chi connectivity index (χ3n) is 2.35. The summed E-state index contributed by atoms with van der Waals surface area (Å²) < 4.78 is 5.91. The third-order valence-corrected chi connectivity index (χ3v) is 3.21. The van der Waals surface area contributed by atoms with Crippen molar-refractivity contribution in [3.63, 3.8) is 0 Å². The first-order valence-corrected chi connectivity index (χ1v) is 6.22. The minimum atomic E-state index is -0.0533. The molecule has 0 bridgehead atoms. The molecule has 0 aromatic heterocycles. The molecule has 0 heterocycles. The number of rotatable bonds is 6. The van der Waals surface area contributed by atoms with Gasteiger partial charge in [0, 0.05) is 16.6 Å². The van der Waals surface area contributed by atoms with Crippen LogP contribution in [0.4, 0.5) is 0 Å². The fourth-order valence-electron chi connectivity index (χ4n) is 1.39. The Kier molecular flexibility index (Phi) is 5.77. The molecule has 17 heavy (non-hydrogen) atoms. The Labute approximate surface area is 110 Å². The number of halogens is 1. The van der Waals surface area contributed by atoms with Crippen LogP contribution in [0.3, 0.4) is 0 Å². The van der Waals surface area contributed by atoms with Gasteiger partial charge in [0.15, 0.2) is 0 Å². The molecule has 0 atom stereocenters. The van der Waals surface area contributed by atoms with Crippen molar-refractivity contribution in [1.82, 2.24) is 5.32 Å². The molecule has 92 valence electrons. The molecule has 0 aliphatic heterocycles. The number of benzene rings is 1. The van der Waals surface area contributed by atoms with E-state index in [0.717, 1.165) is 16.5 Å². The summed E-state index contributed by atoms with van der Waals surface area (Å²) >= 11 is 3.41. The highest BCUT2D eigenvalue weighted by Crippen LogP contribution is 2.19. The zero-order valence-electron chi connectivity index (χ0n) is 9.83. The summed E-state index contributed by atoms with van der Waals surface area (Å²) in [4.78, 5) is 11.9. The molecule has 4 heteroatoms. The van der Waals surface area contributed by atoms with Crippen molar-refractivity contribution in [2.45, 2.75) is 13.3 Å². The first kappa shape index (κ1) is 13.8. The molecule has 0 saturated carbocycles. The van der Waals surface area contributed by atoms with E-state index in [-0.39, 0.29) is 5.91 Å². The van der Waals surface area contributed by atoms with Crippen molar-refractivity contribution in [2.24, 2.45) is 0 Å². The lowest BCUT2D eigenvalue weighted by Gasteiger charge is -2.08. The molecular weight excluding hydrogens is 282 g/mol. The van der Waals surface area contributed by atoms with Gasteiger partial charge in [-0.15, -0.1) is 0 Å². The largest absolute Gasteiger partial charge is 0.502 e. The number of amides is 1. The second-order valence-electron chi connectivity index (χ2n) is 3.56. The predicted molar refractivity (Wildman–Crippen MR) is 72.0 cm³/mol. The summed E-state index contributed by atoms with van der Waals surface area (Å²) in [5.74, 6) is -0.0533. The van der Waals surface area contributed by atoms with E-state index in [2.05, 4.69) is 27.8 Å². The van der Waals surface area contributed by atoms with Crippen LogP contribution in [0.25, 0.3) is 0 Å². The lowest BCUT2D eigenvalue weighted by atomic mass is 10.1. The van der Waals surface area contributed by atoms with Crippen LogP contribution in [0.5, 0.6) is 0 Å². The molecule has 0 radical (unpaired) electrons. The van der Waals surface area contributed by atoms with Crippen LogP contribution < -0.4 is 5.32 Å². The Balaban J connectivity index is 2.47. The Bertz CT molecular complexity index is 404. The summed E-state index contributed by atoms with van der Waals surface area (Å²) in [7, 11) is 0. The predicted octanol–water partition coefficient (Wildman–Crippen LogP) is 3.04. The topological polar surface area (TPSA) is 38.3 Å². The molecule has 1 rings (SSSR count). The molecule has 0 spiro atoms. The van der Waals surface area contributed by atoms with Gasteiger partial charge in [-0.05, 0) is 31.0 Å². The second kappa shape index (κ2) is 7.12. The highest BCUT2D eigenvalue weighted by molar-refractivity contribution is 9.10. The van der Waals surface area contributed by atoms with Crippen LogP contribution in [0.1, 0.15) is 22.3 Å². The van der Waals surface area contributed by atoms with Crippen LogP contribution in [0.2, 0.25) is 0 Å². The van der Waals surface area contributed by atoms with E-state index in [1.165, 1.54) is 6.26 Å². The van der Waals surface area contributed by atoms with Gasteiger partial charge >= 0.3 is 0 Å². The van der Waals surface area contributed by atoms with Crippen molar-refractivity contribution in [3.05, 3.63) is 46.6 Å². The molecule has 0 unspecified atom stereocenters. The van der Waals surface area contributed by atoms with Crippen LogP contribution >= 0.6 is 15.9 Å². The van der Waals surface area contributed by atoms with E-state index in [4.69, 9.17) is 4.74 Å². The van der Waals surface area contributed by atoms with Gasteiger partial charge in [0.25, 0.3) is 5.91 Å². The molecule has 0 fully saturated rings. The molecule has 3 nitrogen and oxygen atoms in total. The maximum absolute atomic E-state index is 11.9. The monoisotopic (exact) mass is 297 g/mol. The highest BCUT2D eigenvalue weighted by Gasteiger charge is 2.09. The fourth-order valence-corrected chi connectivity index (χ4v) is 1.76. The first-order valence-electron chi connectivity index (χ1n) is 5.42. The second-order valence-corrected chi connectivity index (χ2v) is 4.41. The van der Waals surface area contributed by atoms with Gasteiger partial charge in [0.2, 0.25) is 0 Å². The number of carbonyl (C=O) groups is 1. The minimum Gasteiger partial charge on any atom is -0.502 e. The quantitative estimate of drug-likeness (QED) is 0.647. The molecule has 0 aliphatic carbocycles. The molecular formula is C13H16BrNO2. The number of hydrogen-bond donors (Lipinski definition) is 1. The maximum atomic E-state index is 11.9. The average Bonchev–Trinajstić information content (AvgIpc) is 2.32. The van der Waals surface area contributed by atoms with E-state index < -0.39 is 0 Å². The average molecular weight is 298 g/mol. The van der Waals surface area contributed by atoms with Crippen molar-refractivity contribution >= 4 is 21.8 Å². The summed E-state index contributed by atoms with van der Waals surface area (Å²) in [6, 6.07) is 5.59. The normalized spacial score (nSPS) is 9.76. The highest BCUT2D eigenvalue weighted by atomic mass is 79.9. The fraction of sp³-hybridized carbons (Fsp3) is 0.308. The summed E-state index contributed by atoms with van der Waals surface area (Å²) in [5.41, 5.74) is 1.65. The van der Waals surface area contributed by atoms with Crippen LogP contribution in [0.15, 0.2) is 35.5 Å². The maximum Gasteiger partial charge on any atom is 0.251 e. The molecule has 1 aromatic rings. The molecule has 0 saturated heterocycles. The van der Waals surface area contributed by atoms with Gasteiger partial charge < -0.3 is 10.1 Å². The van der Waals surface area contributed by atoms with E-state index >= 15 is 0 Å². The van der Waals surface area contributed by atoms with E-state index in [1.54, 1.807) is 0 Å². The Morgan fingerprint density at radius 2 is 2.35 bits per heavy atom. The number of nitrogens with one attached hydrogen (secondary N) is 1. The smallest absolute Gasteiger partial charge is 0.251 e. The van der Waals surface area contributed by atoms with Crippen LogP contribution in [0, 0.1) is 6.92 Å². The molecule has 1 N–H and O–H groups in total. The van der Waals surface area contributed by atoms with E-state index in [1.807, 2.05) is 25.1 Å². The van der Waals surface area contributed by atoms with E-state index in [0.29, 0.717) is 18.7 Å². The Morgan fingerprint density at radius 3 is 3.06 bits per heavy atom. The van der Waals surface area contributed by atoms with Crippen LogP contribution in [-0.2, 0) is 4.74 Å². The zero-order valence-corrected chi connectivity index (χ0v) is 11.4. The zero-order chi connectivity index (χ0) is 12.7. The molecule has 1 amide bonds. The van der Waals surface area contributed by atoms with Gasteiger partial charge in [-0.3, -0.25) is 4.79 Å². The van der Waals surface area contributed by atoms with Crippen LogP contribution in [-0.4, -0.2) is 19.1 Å². The summed E-state index contributed by atoms with van der Waals surface area (Å²) in [5, 5.41) is 2.85. The van der Waals surface area contributed by atoms with Crippen molar-refractivity contribution in [1.29, 1.82) is 0 Å². The Hall–Kier alpha value is -1.29. The number of ether oxygens (including phenoxy) is 1. The standard InChI is InChI=1S/C13H16BrNO2/c1-3-17-9-5-8-15-13(16)11-6-4-7-12(14)10(11)2/h3-4,6-7H,1,5,8-9H2,2H3,(H,15,16). The van der Waals surface area contributed by atoms with Crippen molar-refractivity contribution in [2.75, 3.05) is 13.2 Å². The van der Waals surface area contributed by atoms with Crippen molar-refractivity contribution < 1.29 is 9.53 Å². The third kappa shape index (κ3) is 4.23. The molecule has 0 aliphatic rings. The SMILES string of the molecule is C=COCCCNC(=O)c1cccc(Br)c1C. The Morgan fingerprint density at radius 1 is 1.59 bits per heavy atom. The summed E-state index contributed by atoms with van der Waals surface area (Å²) in [6.07, 6.45) is 2.17. The van der Waals surface area contributed by atoms with Gasteiger partial charge in [0.05, 0.1) is 12.9 Å². The minimum absolute atomic E-state index is 0.0533. The van der Waals surface area contributed by atoms with Gasteiger partial charge in [0.1, 0.15) is 0 Å². The summed E-state index contributed by atoms with van der Waals surface area (Å²) in [6.45, 7) is 6.53. The van der Waals surface area contributed by atoms with Gasteiger partial charge in [-0.25, -0.2) is 0 Å².